The number of carbonyl (C=O) groups excluding carboxylic acids is 3. The SMILES string of the molecule is CC/C=C\C/C=C\C/C=C\C/C=C\C/C=C\CCCC(=O)O[C@@H](COC(=O)CCCCCCCCCCCCCCC)COC(=O)CCCCCCCCCCCCCCCCCCC. The van der Waals surface area contributed by atoms with Gasteiger partial charge in [-0.25, -0.2) is 0 Å². The van der Waals surface area contributed by atoms with E-state index in [1.54, 1.807) is 0 Å². The summed E-state index contributed by atoms with van der Waals surface area (Å²) in [5, 5.41) is 0. The van der Waals surface area contributed by atoms with Gasteiger partial charge < -0.3 is 14.2 Å². The van der Waals surface area contributed by atoms with Crippen molar-refractivity contribution < 1.29 is 28.6 Å². The summed E-state index contributed by atoms with van der Waals surface area (Å²) in [5.74, 6) is -0.940. The largest absolute Gasteiger partial charge is 0.462 e. The van der Waals surface area contributed by atoms with Crippen LogP contribution in [0.3, 0.4) is 0 Å². The van der Waals surface area contributed by atoms with E-state index in [9.17, 15) is 14.4 Å². The van der Waals surface area contributed by atoms with Crippen molar-refractivity contribution in [3.63, 3.8) is 0 Å². The number of ether oxygens (including phenoxy) is 3. The van der Waals surface area contributed by atoms with Crippen LogP contribution in [-0.4, -0.2) is 37.2 Å². The van der Waals surface area contributed by atoms with Crippen molar-refractivity contribution in [1.29, 1.82) is 0 Å². The Morgan fingerprint density at radius 1 is 0.323 bits per heavy atom. The maximum atomic E-state index is 12.8. The van der Waals surface area contributed by atoms with Crippen LogP contribution in [-0.2, 0) is 28.6 Å². The van der Waals surface area contributed by atoms with Crippen molar-refractivity contribution in [2.24, 2.45) is 0 Å². The summed E-state index contributed by atoms with van der Waals surface area (Å²) in [7, 11) is 0. The molecule has 0 aromatic rings. The first-order chi connectivity index (χ1) is 32.0. The lowest BCUT2D eigenvalue weighted by molar-refractivity contribution is -0.167. The molecular weight excluding hydrogens is 805 g/mol. The number of allylic oxidation sites excluding steroid dienone is 10. The zero-order valence-corrected chi connectivity index (χ0v) is 43.0. The summed E-state index contributed by atoms with van der Waals surface area (Å²) in [6.07, 6.45) is 66.4. The average molecular weight is 909 g/mol. The lowest BCUT2D eigenvalue weighted by atomic mass is 10.0. The summed E-state index contributed by atoms with van der Waals surface area (Å²) in [5.41, 5.74) is 0. The molecule has 0 unspecified atom stereocenters. The van der Waals surface area contributed by atoms with Crippen molar-refractivity contribution in [2.75, 3.05) is 13.2 Å². The molecule has 0 aromatic heterocycles. The van der Waals surface area contributed by atoms with Crippen molar-refractivity contribution in [3.8, 4) is 0 Å². The molecule has 1 atom stereocenters. The Balaban J connectivity index is 4.43. The summed E-state index contributed by atoms with van der Waals surface area (Å²) < 4.78 is 16.8. The molecule has 0 heterocycles. The van der Waals surface area contributed by atoms with E-state index in [0.717, 1.165) is 77.0 Å². The standard InChI is InChI=1S/C59H104O6/c1-4-7-10-13-16-19-22-25-27-29-31-34-37-40-43-46-49-52-58(61)64-55-56(54-63-57(60)51-48-45-42-39-36-33-24-21-18-15-12-9-6-3)65-59(62)53-50-47-44-41-38-35-32-30-28-26-23-20-17-14-11-8-5-2/h8,11,17,20,26,28,32,35,41,44,56H,4-7,9-10,12-16,18-19,21-25,27,29-31,33-34,36-40,42-43,45-55H2,1-3H3/b11-8-,20-17-,28-26-,35-32-,44-41-/t56-/m0/s1. The quantitative estimate of drug-likeness (QED) is 0.0262. The van der Waals surface area contributed by atoms with Crippen LogP contribution in [0.2, 0.25) is 0 Å². The fourth-order valence-electron chi connectivity index (χ4n) is 7.89. The van der Waals surface area contributed by atoms with Gasteiger partial charge in [-0.1, -0.05) is 261 Å². The lowest BCUT2D eigenvalue weighted by Gasteiger charge is -2.18. The van der Waals surface area contributed by atoms with Gasteiger partial charge in [-0.15, -0.1) is 0 Å². The van der Waals surface area contributed by atoms with Crippen LogP contribution in [0.15, 0.2) is 60.8 Å². The Labute approximate surface area is 402 Å². The van der Waals surface area contributed by atoms with Crippen molar-refractivity contribution in [1.82, 2.24) is 0 Å². The molecule has 65 heavy (non-hydrogen) atoms. The fraction of sp³-hybridized carbons (Fsp3) is 0.780. The zero-order chi connectivity index (χ0) is 47.2. The van der Waals surface area contributed by atoms with Crippen molar-refractivity contribution in [3.05, 3.63) is 60.8 Å². The summed E-state index contributed by atoms with van der Waals surface area (Å²) >= 11 is 0. The third kappa shape index (κ3) is 51.9. The predicted octanol–water partition coefficient (Wildman–Crippen LogP) is 18.4. The van der Waals surface area contributed by atoms with E-state index in [2.05, 4.69) is 81.5 Å². The van der Waals surface area contributed by atoms with Gasteiger partial charge in [0.25, 0.3) is 0 Å². The third-order valence-electron chi connectivity index (χ3n) is 12.0. The van der Waals surface area contributed by atoms with Gasteiger partial charge in [0, 0.05) is 19.3 Å². The highest BCUT2D eigenvalue weighted by Gasteiger charge is 2.19. The molecule has 0 rings (SSSR count). The highest BCUT2D eigenvalue weighted by atomic mass is 16.6. The highest BCUT2D eigenvalue weighted by molar-refractivity contribution is 5.71. The molecule has 0 saturated heterocycles. The van der Waals surface area contributed by atoms with E-state index in [4.69, 9.17) is 14.2 Å². The second kappa shape index (κ2) is 53.7. The molecule has 376 valence electrons. The molecule has 0 amide bonds. The van der Waals surface area contributed by atoms with Crippen LogP contribution in [0.25, 0.3) is 0 Å². The molecule has 0 N–H and O–H groups in total. The Morgan fingerprint density at radius 2 is 0.600 bits per heavy atom. The van der Waals surface area contributed by atoms with E-state index in [1.807, 2.05) is 0 Å². The van der Waals surface area contributed by atoms with E-state index >= 15 is 0 Å². The first-order valence-corrected chi connectivity index (χ1v) is 27.8. The van der Waals surface area contributed by atoms with Gasteiger partial charge in [0.15, 0.2) is 6.10 Å². The lowest BCUT2D eigenvalue weighted by Crippen LogP contribution is -2.30. The summed E-state index contributed by atoms with van der Waals surface area (Å²) in [6.45, 7) is 6.51. The van der Waals surface area contributed by atoms with E-state index < -0.39 is 6.10 Å². The molecule has 0 aliphatic carbocycles. The Hall–Kier alpha value is -2.89. The van der Waals surface area contributed by atoms with Crippen LogP contribution in [0.1, 0.15) is 278 Å². The van der Waals surface area contributed by atoms with Gasteiger partial charge in [-0.05, 0) is 57.8 Å². The van der Waals surface area contributed by atoms with Crippen LogP contribution in [0.5, 0.6) is 0 Å². The van der Waals surface area contributed by atoms with E-state index in [1.165, 1.54) is 154 Å². The van der Waals surface area contributed by atoms with Gasteiger partial charge in [-0.2, -0.15) is 0 Å². The van der Waals surface area contributed by atoms with Crippen molar-refractivity contribution >= 4 is 17.9 Å². The van der Waals surface area contributed by atoms with Crippen LogP contribution < -0.4 is 0 Å². The van der Waals surface area contributed by atoms with E-state index in [0.29, 0.717) is 19.3 Å². The Bertz CT molecular complexity index is 1180. The number of rotatable bonds is 50. The molecule has 0 aliphatic heterocycles. The van der Waals surface area contributed by atoms with Gasteiger partial charge in [0.1, 0.15) is 13.2 Å². The van der Waals surface area contributed by atoms with Gasteiger partial charge in [-0.3, -0.25) is 14.4 Å². The normalized spacial score (nSPS) is 12.5. The number of unbranched alkanes of at least 4 members (excludes halogenated alkanes) is 29. The second-order valence-electron chi connectivity index (χ2n) is 18.5. The average Bonchev–Trinajstić information content (AvgIpc) is 3.30. The van der Waals surface area contributed by atoms with Gasteiger partial charge in [0.2, 0.25) is 0 Å². The molecule has 6 heteroatoms. The maximum Gasteiger partial charge on any atom is 0.306 e. The molecule has 0 bridgehead atoms. The molecule has 0 saturated carbocycles. The number of hydrogen-bond donors (Lipinski definition) is 0. The number of esters is 3. The van der Waals surface area contributed by atoms with Crippen LogP contribution >= 0.6 is 0 Å². The predicted molar refractivity (Wildman–Crippen MR) is 279 cm³/mol. The summed E-state index contributed by atoms with van der Waals surface area (Å²) in [6, 6.07) is 0. The number of carbonyl (C=O) groups is 3. The minimum Gasteiger partial charge on any atom is -0.462 e. The van der Waals surface area contributed by atoms with Gasteiger partial charge in [0.05, 0.1) is 0 Å². The minimum absolute atomic E-state index is 0.0929. The molecule has 6 nitrogen and oxygen atoms in total. The topological polar surface area (TPSA) is 78.9 Å². The molecule has 0 fully saturated rings. The smallest absolute Gasteiger partial charge is 0.306 e. The minimum atomic E-state index is -0.800. The second-order valence-corrected chi connectivity index (χ2v) is 18.5. The first-order valence-electron chi connectivity index (χ1n) is 27.8. The molecule has 0 aliphatic rings. The molecule has 0 spiro atoms. The number of hydrogen-bond acceptors (Lipinski definition) is 6. The zero-order valence-electron chi connectivity index (χ0n) is 43.0. The molecular formula is C59H104O6. The van der Waals surface area contributed by atoms with E-state index in [-0.39, 0.29) is 37.5 Å². The molecule has 0 aromatic carbocycles. The molecule has 0 radical (unpaired) electrons. The Kier molecular flexibility index (Phi) is 51.3. The monoisotopic (exact) mass is 909 g/mol. The third-order valence-corrected chi connectivity index (χ3v) is 12.0. The fourth-order valence-corrected chi connectivity index (χ4v) is 7.89. The highest BCUT2D eigenvalue weighted by Crippen LogP contribution is 2.16. The first kappa shape index (κ1) is 62.1. The van der Waals surface area contributed by atoms with Crippen LogP contribution in [0, 0.1) is 0 Å². The van der Waals surface area contributed by atoms with Crippen LogP contribution in [0.4, 0.5) is 0 Å². The maximum absolute atomic E-state index is 12.8. The Morgan fingerprint density at radius 3 is 0.923 bits per heavy atom. The van der Waals surface area contributed by atoms with Crippen molar-refractivity contribution in [2.45, 2.75) is 284 Å². The summed E-state index contributed by atoms with van der Waals surface area (Å²) in [4.78, 5) is 38.1. The van der Waals surface area contributed by atoms with Gasteiger partial charge >= 0.3 is 17.9 Å².